The number of hydrogen-bond acceptors (Lipinski definition) is 8. The van der Waals surface area contributed by atoms with E-state index in [1.807, 2.05) is 24.5 Å². The lowest BCUT2D eigenvalue weighted by Gasteiger charge is -2.20. The number of benzene rings is 2. The molecule has 2 aromatic carbocycles. The molecule has 8 heteroatoms. The maximum Gasteiger partial charge on any atom is 0.134 e. The molecule has 0 spiro atoms. The van der Waals surface area contributed by atoms with Crippen LogP contribution in [0.4, 0.5) is 0 Å². The molecule has 0 amide bonds. The van der Waals surface area contributed by atoms with Crippen LogP contribution < -0.4 is 0 Å². The van der Waals surface area contributed by atoms with Crippen molar-refractivity contribution < 1.29 is 0 Å². The zero-order valence-corrected chi connectivity index (χ0v) is 19.0. The molecule has 0 unspecified atom stereocenters. The van der Waals surface area contributed by atoms with E-state index < -0.39 is 0 Å². The van der Waals surface area contributed by atoms with Gasteiger partial charge in [0.25, 0.3) is 0 Å². The Hall–Kier alpha value is -2.00. The fourth-order valence-electron chi connectivity index (χ4n) is 2.88. The first kappa shape index (κ1) is 19.9. The Balaban J connectivity index is 1.36. The van der Waals surface area contributed by atoms with Gasteiger partial charge < -0.3 is 0 Å². The van der Waals surface area contributed by atoms with Gasteiger partial charge in [-0.3, -0.25) is 0 Å². The van der Waals surface area contributed by atoms with Gasteiger partial charge in [-0.1, -0.05) is 108 Å². The van der Waals surface area contributed by atoms with E-state index in [1.165, 1.54) is 11.1 Å². The van der Waals surface area contributed by atoms with Crippen molar-refractivity contribution in [2.45, 2.75) is 41.1 Å². The van der Waals surface area contributed by atoms with Gasteiger partial charge in [0.1, 0.15) is 10.1 Å². The molecule has 1 aliphatic rings. The second-order valence-corrected chi connectivity index (χ2v) is 10.5. The topological polar surface area (TPSA) is 51.6 Å². The number of hydrogen-bond donors (Lipinski definition) is 0. The van der Waals surface area contributed by atoms with Crippen LogP contribution >= 0.6 is 47.0 Å². The molecule has 0 saturated heterocycles. The summed E-state index contributed by atoms with van der Waals surface area (Å²) >= 11 is 6.89. The maximum absolute atomic E-state index is 4.42. The molecule has 2 aromatic heterocycles. The molecule has 0 radical (unpaired) electrons. The zero-order valence-electron chi connectivity index (χ0n) is 15.8. The highest BCUT2D eigenvalue weighted by molar-refractivity contribution is 8.06. The molecule has 0 saturated carbocycles. The summed E-state index contributed by atoms with van der Waals surface area (Å²) in [4.78, 5) is 4.59. The van der Waals surface area contributed by atoms with Gasteiger partial charge in [-0.15, -0.1) is 10.2 Å². The highest BCUT2D eigenvalue weighted by Crippen LogP contribution is 2.52. The fraction of sp³-hybridized carbons (Fsp3) is 0.0909. The summed E-state index contributed by atoms with van der Waals surface area (Å²) in [5.41, 5.74) is 2.56. The predicted octanol–water partition coefficient (Wildman–Crippen LogP) is 6.47. The van der Waals surface area contributed by atoms with Crippen molar-refractivity contribution >= 4 is 47.0 Å². The highest BCUT2D eigenvalue weighted by Gasteiger charge is 2.25. The summed E-state index contributed by atoms with van der Waals surface area (Å²) in [7, 11) is 0. The molecular weight excluding hydrogens is 449 g/mol. The zero-order chi connectivity index (χ0) is 20.2. The molecule has 0 fully saturated rings. The molecule has 0 aliphatic carbocycles. The summed E-state index contributed by atoms with van der Waals surface area (Å²) in [5, 5.41) is 19.3. The molecule has 0 bridgehead atoms. The molecule has 3 heterocycles. The van der Waals surface area contributed by atoms with Crippen LogP contribution in [0.15, 0.2) is 103 Å². The van der Waals surface area contributed by atoms with Gasteiger partial charge in [0.15, 0.2) is 0 Å². The number of nitrogens with zero attached hydrogens (tertiary/aromatic N) is 4. The van der Waals surface area contributed by atoms with Crippen LogP contribution in [0.2, 0.25) is 0 Å². The lowest BCUT2D eigenvalue weighted by molar-refractivity contribution is 0.801. The SMILES string of the molecule is c1ccc(CSc2nncc3c2Sc2cnnc(SCc4ccccc4)c2S3)cc1. The largest absolute Gasteiger partial charge is 0.157 e. The summed E-state index contributed by atoms with van der Waals surface area (Å²) in [6.45, 7) is 0. The number of fused-ring (bicyclic) bond motifs is 2. The third-order valence-electron chi connectivity index (χ3n) is 4.34. The van der Waals surface area contributed by atoms with Crippen LogP contribution in [0.1, 0.15) is 11.1 Å². The van der Waals surface area contributed by atoms with Crippen molar-refractivity contribution in [1.82, 2.24) is 20.4 Å². The van der Waals surface area contributed by atoms with Crippen LogP contribution in [0.25, 0.3) is 0 Å². The average molecular weight is 465 g/mol. The van der Waals surface area contributed by atoms with Gasteiger partial charge in [-0.2, -0.15) is 10.2 Å². The van der Waals surface area contributed by atoms with Crippen LogP contribution in [0, 0.1) is 0 Å². The van der Waals surface area contributed by atoms with Gasteiger partial charge >= 0.3 is 0 Å². The first-order valence-electron chi connectivity index (χ1n) is 9.27. The van der Waals surface area contributed by atoms with Crippen molar-refractivity contribution in [3.05, 3.63) is 84.2 Å². The summed E-state index contributed by atoms with van der Waals surface area (Å²) < 4.78 is 0. The first-order valence-corrected chi connectivity index (χ1v) is 12.9. The van der Waals surface area contributed by atoms with E-state index in [9.17, 15) is 0 Å². The average Bonchev–Trinajstić information content (AvgIpc) is 2.81. The van der Waals surface area contributed by atoms with E-state index in [0.717, 1.165) is 41.1 Å². The molecule has 0 atom stereocenters. The Morgan fingerprint density at radius 2 is 1.03 bits per heavy atom. The van der Waals surface area contributed by atoms with Gasteiger partial charge in [0.2, 0.25) is 0 Å². The second-order valence-electron chi connectivity index (χ2n) is 6.44. The minimum atomic E-state index is 0.872. The van der Waals surface area contributed by atoms with Crippen molar-refractivity contribution in [2.24, 2.45) is 0 Å². The van der Waals surface area contributed by atoms with Gasteiger partial charge in [0, 0.05) is 21.3 Å². The van der Waals surface area contributed by atoms with Gasteiger partial charge in [-0.05, 0) is 11.1 Å². The molecule has 148 valence electrons. The lowest BCUT2D eigenvalue weighted by atomic mass is 10.2. The van der Waals surface area contributed by atoms with E-state index in [1.54, 1.807) is 47.0 Å². The molecule has 1 aliphatic heterocycles. The number of thioether (sulfide) groups is 2. The third-order valence-corrected chi connectivity index (χ3v) is 9.23. The van der Waals surface area contributed by atoms with Crippen molar-refractivity contribution in [3.8, 4) is 0 Å². The lowest BCUT2D eigenvalue weighted by Crippen LogP contribution is -2.00. The van der Waals surface area contributed by atoms with Crippen LogP contribution in [0.5, 0.6) is 0 Å². The monoisotopic (exact) mass is 464 g/mol. The smallest absolute Gasteiger partial charge is 0.134 e. The van der Waals surface area contributed by atoms with Gasteiger partial charge in [-0.25, -0.2) is 0 Å². The Bertz CT molecular complexity index is 1060. The predicted molar refractivity (Wildman–Crippen MR) is 124 cm³/mol. The molecule has 5 rings (SSSR count). The summed E-state index contributed by atoms with van der Waals surface area (Å²) in [6, 6.07) is 20.9. The Morgan fingerprint density at radius 1 is 0.600 bits per heavy atom. The minimum Gasteiger partial charge on any atom is -0.157 e. The van der Waals surface area contributed by atoms with Crippen LogP contribution in [-0.4, -0.2) is 20.4 Å². The number of aromatic nitrogens is 4. The van der Waals surface area contributed by atoms with E-state index in [2.05, 4.69) is 68.9 Å². The Morgan fingerprint density at radius 3 is 1.47 bits per heavy atom. The molecule has 30 heavy (non-hydrogen) atoms. The van der Waals surface area contributed by atoms with E-state index in [4.69, 9.17) is 0 Å². The first-order chi connectivity index (χ1) is 14.9. The second kappa shape index (κ2) is 9.43. The number of rotatable bonds is 6. The van der Waals surface area contributed by atoms with Crippen molar-refractivity contribution in [2.75, 3.05) is 0 Å². The van der Waals surface area contributed by atoms with E-state index >= 15 is 0 Å². The standard InChI is InChI=1S/C22H16N4S4/c1-3-7-15(8-4-1)13-27-21-19-17(11-23-25-21)30-20-18(29-19)12-24-26-22(20)28-14-16-9-5-2-6-10-16/h1-12H,13-14H2. The summed E-state index contributed by atoms with van der Waals surface area (Å²) in [6.07, 6.45) is 3.71. The van der Waals surface area contributed by atoms with Crippen LogP contribution in [0.3, 0.4) is 0 Å². The Labute approximate surface area is 192 Å². The van der Waals surface area contributed by atoms with E-state index in [-0.39, 0.29) is 0 Å². The van der Waals surface area contributed by atoms with Crippen molar-refractivity contribution in [1.29, 1.82) is 0 Å². The highest BCUT2D eigenvalue weighted by atomic mass is 32.2. The third kappa shape index (κ3) is 4.51. The fourth-order valence-corrected chi connectivity index (χ4v) is 7.38. The van der Waals surface area contributed by atoms with E-state index in [0.29, 0.717) is 0 Å². The summed E-state index contributed by atoms with van der Waals surface area (Å²) in [5.74, 6) is 1.74. The molecular formula is C22H16N4S4. The normalized spacial score (nSPS) is 12.3. The minimum absolute atomic E-state index is 0.872. The maximum atomic E-state index is 4.42. The van der Waals surface area contributed by atoms with Crippen molar-refractivity contribution in [3.63, 3.8) is 0 Å². The quantitative estimate of drug-likeness (QED) is 0.265. The molecule has 4 aromatic rings. The molecule has 0 N–H and O–H groups in total. The van der Waals surface area contributed by atoms with Gasteiger partial charge in [0.05, 0.1) is 22.2 Å². The van der Waals surface area contributed by atoms with Crippen LogP contribution in [-0.2, 0) is 11.5 Å². The molecule has 4 nitrogen and oxygen atoms in total. The Kier molecular flexibility index (Phi) is 6.26.